The quantitative estimate of drug-likeness (QED) is 0.742. The Bertz CT molecular complexity index is 377. The molecule has 5 nitrogen and oxygen atoms in total. The molecule has 1 aromatic heterocycles. The molecule has 0 aliphatic heterocycles. The Morgan fingerprint density at radius 3 is 2.93 bits per heavy atom. The maximum atomic E-state index is 11.4. The molecule has 0 amide bonds. The van der Waals surface area contributed by atoms with Gasteiger partial charge in [-0.2, -0.15) is 5.10 Å². The van der Waals surface area contributed by atoms with Gasteiger partial charge in [0, 0.05) is 19.6 Å². The zero-order chi connectivity index (χ0) is 10.8. The van der Waals surface area contributed by atoms with Gasteiger partial charge in [-0.25, -0.2) is 9.48 Å². The van der Waals surface area contributed by atoms with Crippen molar-refractivity contribution in [2.24, 2.45) is 13.0 Å². The lowest BCUT2D eigenvalue weighted by Gasteiger charge is -2.11. The summed E-state index contributed by atoms with van der Waals surface area (Å²) in [5.74, 6) is 0.852. The van der Waals surface area contributed by atoms with Gasteiger partial charge in [0.15, 0.2) is 0 Å². The number of aromatic nitrogens is 3. The number of hydrogen-bond donors (Lipinski definition) is 1. The summed E-state index contributed by atoms with van der Waals surface area (Å²) in [7, 11) is 1.71. The number of nitrogens with one attached hydrogen (secondary N) is 1. The van der Waals surface area contributed by atoms with Crippen molar-refractivity contribution >= 4 is 0 Å². The van der Waals surface area contributed by atoms with Crippen LogP contribution in [0.3, 0.4) is 0 Å². The van der Waals surface area contributed by atoms with Crippen molar-refractivity contribution in [2.75, 3.05) is 6.54 Å². The van der Waals surface area contributed by atoms with E-state index < -0.39 is 0 Å². The first kappa shape index (κ1) is 10.4. The van der Waals surface area contributed by atoms with Gasteiger partial charge in [-0.15, -0.1) is 0 Å². The lowest BCUT2D eigenvalue weighted by atomic mass is 10.2. The predicted molar refractivity (Wildman–Crippen MR) is 57.7 cm³/mol. The lowest BCUT2D eigenvalue weighted by Crippen LogP contribution is -2.34. The molecule has 0 saturated heterocycles. The first-order valence-corrected chi connectivity index (χ1v) is 5.50. The van der Waals surface area contributed by atoms with Crippen molar-refractivity contribution in [1.82, 2.24) is 19.7 Å². The molecule has 1 atom stereocenters. The molecule has 1 aliphatic carbocycles. The highest BCUT2D eigenvalue weighted by Gasteiger charge is 2.27. The molecule has 1 heterocycles. The van der Waals surface area contributed by atoms with E-state index in [1.165, 1.54) is 22.1 Å². The minimum absolute atomic E-state index is 0.0455. The average Bonchev–Trinajstić information content (AvgIpc) is 3.00. The topological polar surface area (TPSA) is 51.9 Å². The maximum absolute atomic E-state index is 11.4. The fourth-order valence-corrected chi connectivity index (χ4v) is 1.74. The van der Waals surface area contributed by atoms with Crippen LogP contribution in [-0.2, 0) is 13.6 Å². The molecule has 15 heavy (non-hydrogen) atoms. The fraction of sp³-hybridized carbons (Fsp3) is 0.800. The molecule has 1 aromatic rings. The van der Waals surface area contributed by atoms with Gasteiger partial charge in [-0.1, -0.05) is 0 Å². The zero-order valence-electron chi connectivity index (χ0n) is 9.31. The summed E-state index contributed by atoms with van der Waals surface area (Å²) in [5.41, 5.74) is -0.0455. The summed E-state index contributed by atoms with van der Waals surface area (Å²) in [6.45, 7) is 3.67. The number of nitrogens with zero attached hydrogens (tertiary/aromatic N) is 3. The largest absolute Gasteiger partial charge is 0.345 e. The predicted octanol–water partition coefficient (Wildman–Crippen LogP) is -0.0301. The van der Waals surface area contributed by atoms with Gasteiger partial charge in [0.1, 0.15) is 6.33 Å². The standard InChI is InChI=1S/C10H18N4O/c1-8(9-3-4-9)11-5-6-14-10(15)13(2)7-12-14/h7-9,11H,3-6H2,1-2H3. The van der Waals surface area contributed by atoms with Crippen molar-refractivity contribution in [1.29, 1.82) is 0 Å². The molecule has 1 unspecified atom stereocenters. The Kier molecular flexibility index (Phi) is 2.90. The van der Waals surface area contributed by atoms with Crippen LogP contribution in [-0.4, -0.2) is 26.9 Å². The smallest absolute Gasteiger partial charge is 0.312 e. The van der Waals surface area contributed by atoms with E-state index in [4.69, 9.17) is 0 Å². The van der Waals surface area contributed by atoms with Gasteiger partial charge in [0.05, 0.1) is 6.54 Å². The van der Waals surface area contributed by atoms with Crippen LogP contribution in [0.15, 0.2) is 11.1 Å². The van der Waals surface area contributed by atoms with Gasteiger partial charge in [-0.3, -0.25) is 4.57 Å². The van der Waals surface area contributed by atoms with Crippen molar-refractivity contribution in [3.63, 3.8) is 0 Å². The average molecular weight is 210 g/mol. The molecule has 0 bridgehead atoms. The Morgan fingerprint density at radius 1 is 1.67 bits per heavy atom. The Hall–Kier alpha value is -1.10. The van der Waals surface area contributed by atoms with E-state index in [1.807, 2.05) is 0 Å². The molecule has 0 spiro atoms. The van der Waals surface area contributed by atoms with Crippen molar-refractivity contribution in [3.05, 3.63) is 16.8 Å². The molecular formula is C10H18N4O. The summed E-state index contributed by atoms with van der Waals surface area (Å²) < 4.78 is 2.98. The second kappa shape index (κ2) is 4.18. The molecule has 0 aromatic carbocycles. The lowest BCUT2D eigenvalue weighted by molar-refractivity contribution is 0.457. The summed E-state index contributed by atoms with van der Waals surface area (Å²) in [5, 5.41) is 7.42. The third-order valence-electron chi connectivity index (χ3n) is 3.01. The van der Waals surface area contributed by atoms with Crippen molar-refractivity contribution in [3.8, 4) is 0 Å². The molecule has 1 N–H and O–H groups in total. The second-order valence-electron chi connectivity index (χ2n) is 4.33. The van der Waals surface area contributed by atoms with Crippen LogP contribution >= 0.6 is 0 Å². The van der Waals surface area contributed by atoms with Gasteiger partial charge < -0.3 is 5.32 Å². The van der Waals surface area contributed by atoms with Crippen LogP contribution in [0.25, 0.3) is 0 Å². The van der Waals surface area contributed by atoms with Crippen molar-refractivity contribution < 1.29 is 0 Å². The molecule has 0 radical (unpaired) electrons. The van der Waals surface area contributed by atoms with Crippen molar-refractivity contribution in [2.45, 2.75) is 32.4 Å². The normalized spacial score (nSPS) is 18.0. The molecule has 2 rings (SSSR count). The van der Waals surface area contributed by atoms with E-state index in [-0.39, 0.29) is 5.69 Å². The van der Waals surface area contributed by atoms with Gasteiger partial charge in [-0.05, 0) is 25.7 Å². The molecule has 1 fully saturated rings. The minimum atomic E-state index is -0.0455. The SMILES string of the molecule is CC(NCCn1ncn(C)c1=O)C1CC1. The minimum Gasteiger partial charge on any atom is -0.312 e. The van der Waals surface area contributed by atoms with E-state index in [0.29, 0.717) is 12.6 Å². The number of hydrogen-bond acceptors (Lipinski definition) is 3. The highest BCUT2D eigenvalue weighted by Crippen LogP contribution is 2.32. The van der Waals surface area contributed by atoms with Crippen LogP contribution in [0.2, 0.25) is 0 Å². The highest BCUT2D eigenvalue weighted by atomic mass is 16.2. The first-order chi connectivity index (χ1) is 7.18. The van der Waals surface area contributed by atoms with Crippen LogP contribution in [0.5, 0.6) is 0 Å². The highest BCUT2D eigenvalue weighted by molar-refractivity contribution is 4.83. The molecule has 84 valence electrons. The third kappa shape index (κ3) is 2.47. The van der Waals surface area contributed by atoms with Gasteiger partial charge in [0.2, 0.25) is 0 Å². The van der Waals surface area contributed by atoms with Gasteiger partial charge >= 0.3 is 5.69 Å². The van der Waals surface area contributed by atoms with E-state index in [0.717, 1.165) is 12.5 Å². The van der Waals surface area contributed by atoms with Gasteiger partial charge in [0.25, 0.3) is 0 Å². The van der Waals surface area contributed by atoms with E-state index in [1.54, 1.807) is 13.4 Å². The Balaban J connectivity index is 1.78. The number of aryl methyl sites for hydroxylation is 1. The van der Waals surface area contributed by atoms with Crippen LogP contribution in [0.4, 0.5) is 0 Å². The van der Waals surface area contributed by atoms with E-state index >= 15 is 0 Å². The maximum Gasteiger partial charge on any atom is 0.345 e. The van der Waals surface area contributed by atoms with E-state index in [2.05, 4.69) is 17.3 Å². The monoisotopic (exact) mass is 210 g/mol. The second-order valence-corrected chi connectivity index (χ2v) is 4.33. The third-order valence-corrected chi connectivity index (χ3v) is 3.01. The molecule has 1 saturated carbocycles. The summed E-state index contributed by atoms with van der Waals surface area (Å²) in [4.78, 5) is 11.4. The summed E-state index contributed by atoms with van der Waals surface area (Å²) in [6.07, 6.45) is 4.24. The molecule has 1 aliphatic rings. The Labute approximate surface area is 89.1 Å². The van der Waals surface area contributed by atoms with E-state index in [9.17, 15) is 4.79 Å². The Morgan fingerprint density at radius 2 is 2.40 bits per heavy atom. The van der Waals surface area contributed by atoms with Crippen LogP contribution in [0, 0.1) is 5.92 Å². The summed E-state index contributed by atoms with van der Waals surface area (Å²) in [6, 6.07) is 0.574. The zero-order valence-corrected chi connectivity index (χ0v) is 9.31. The first-order valence-electron chi connectivity index (χ1n) is 5.50. The van der Waals surface area contributed by atoms with Crippen LogP contribution in [0.1, 0.15) is 19.8 Å². The summed E-state index contributed by atoms with van der Waals surface area (Å²) >= 11 is 0. The van der Waals surface area contributed by atoms with Crippen LogP contribution < -0.4 is 11.0 Å². The number of rotatable bonds is 5. The fourth-order valence-electron chi connectivity index (χ4n) is 1.74. The molecule has 5 heteroatoms. The molecular weight excluding hydrogens is 192 g/mol.